The highest BCUT2D eigenvalue weighted by Gasteiger charge is 2.14. The Morgan fingerprint density at radius 3 is 2.68 bits per heavy atom. The minimum atomic E-state index is 0.497. The van der Waals surface area contributed by atoms with Crippen molar-refractivity contribution in [3.63, 3.8) is 0 Å². The number of hydrogen-bond donors (Lipinski definition) is 1. The van der Waals surface area contributed by atoms with Crippen molar-refractivity contribution in [2.24, 2.45) is 0 Å². The zero-order valence-corrected chi connectivity index (χ0v) is 11.0. The molecule has 19 heavy (non-hydrogen) atoms. The van der Waals surface area contributed by atoms with Crippen LogP contribution in [0.1, 0.15) is 0 Å². The van der Waals surface area contributed by atoms with Crippen LogP contribution < -0.4 is 10.5 Å². The molecule has 0 radical (unpaired) electrons. The van der Waals surface area contributed by atoms with E-state index in [-0.39, 0.29) is 0 Å². The quantitative estimate of drug-likeness (QED) is 0.789. The van der Waals surface area contributed by atoms with Crippen LogP contribution in [0.15, 0.2) is 36.9 Å². The largest absolute Gasteiger partial charge is 0.497 e. The Hall–Kier alpha value is -2.41. The molecule has 0 aliphatic rings. The Balaban J connectivity index is 2.09. The van der Waals surface area contributed by atoms with Crippen molar-refractivity contribution in [3.05, 3.63) is 36.9 Å². The van der Waals surface area contributed by atoms with Crippen molar-refractivity contribution in [1.29, 1.82) is 0 Å². The first-order valence-corrected chi connectivity index (χ1v) is 6.35. The van der Waals surface area contributed by atoms with E-state index in [2.05, 4.69) is 15.1 Å². The molecule has 96 valence electrons. The molecule has 0 atom stereocenters. The predicted molar refractivity (Wildman–Crippen MR) is 73.4 cm³/mol. The number of ether oxygens (including phenoxy) is 1. The molecule has 7 heteroatoms. The number of nitrogen functional groups attached to an aromatic ring is 1. The van der Waals surface area contributed by atoms with Gasteiger partial charge in [-0.2, -0.15) is 5.10 Å². The number of benzene rings is 1. The first-order valence-electron chi connectivity index (χ1n) is 5.53. The molecular weight excluding hydrogens is 262 g/mol. The van der Waals surface area contributed by atoms with E-state index < -0.39 is 0 Å². The van der Waals surface area contributed by atoms with E-state index in [9.17, 15) is 0 Å². The summed E-state index contributed by atoms with van der Waals surface area (Å²) >= 11 is 1.37. The van der Waals surface area contributed by atoms with Gasteiger partial charge in [-0.15, -0.1) is 0 Å². The van der Waals surface area contributed by atoms with Crippen LogP contribution >= 0.6 is 11.3 Å². The van der Waals surface area contributed by atoms with Gasteiger partial charge >= 0.3 is 0 Å². The van der Waals surface area contributed by atoms with Gasteiger partial charge < -0.3 is 10.5 Å². The Kier molecular flexibility index (Phi) is 2.88. The maximum Gasteiger partial charge on any atom is 0.182 e. The van der Waals surface area contributed by atoms with Gasteiger partial charge in [0.1, 0.15) is 29.1 Å². The summed E-state index contributed by atoms with van der Waals surface area (Å²) in [5.74, 6) is 0.800. The number of methoxy groups -OCH3 is 1. The maximum absolute atomic E-state index is 5.80. The minimum absolute atomic E-state index is 0.497. The Morgan fingerprint density at radius 1 is 1.26 bits per heavy atom. The van der Waals surface area contributed by atoms with Gasteiger partial charge in [-0.05, 0) is 24.3 Å². The van der Waals surface area contributed by atoms with Crippen molar-refractivity contribution >= 4 is 16.5 Å². The third kappa shape index (κ3) is 2.15. The monoisotopic (exact) mass is 273 g/mol. The molecule has 0 aliphatic carbocycles. The number of nitrogens with zero attached hydrogens (tertiary/aromatic N) is 4. The normalized spacial score (nSPS) is 10.6. The number of nitrogens with two attached hydrogens (primary N) is 1. The van der Waals surface area contributed by atoms with Crippen LogP contribution in [0.4, 0.5) is 5.13 Å². The maximum atomic E-state index is 5.80. The smallest absolute Gasteiger partial charge is 0.182 e. The van der Waals surface area contributed by atoms with Gasteiger partial charge in [-0.1, -0.05) is 11.3 Å². The lowest BCUT2D eigenvalue weighted by atomic mass is 10.1. The van der Waals surface area contributed by atoms with Crippen molar-refractivity contribution in [1.82, 2.24) is 19.7 Å². The summed E-state index contributed by atoms with van der Waals surface area (Å²) in [6.07, 6.45) is 3.10. The fourth-order valence-electron chi connectivity index (χ4n) is 1.73. The van der Waals surface area contributed by atoms with Crippen LogP contribution in [-0.4, -0.2) is 26.9 Å². The van der Waals surface area contributed by atoms with Gasteiger partial charge in [0.05, 0.1) is 7.11 Å². The lowest BCUT2D eigenvalue weighted by Gasteiger charge is -2.03. The van der Waals surface area contributed by atoms with Crippen molar-refractivity contribution in [2.75, 3.05) is 12.8 Å². The van der Waals surface area contributed by atoms with E-state index in [4.69, 9.17) is 10.5 Å². The zero-order valence-electron chi connectivity index (χ0n) is 10.1. The van der Waals surface area contributed by atoms with Gasteiger partial charge in [0.25, 0.3) is 0 Å². The SMILES string of the molecule is COc1ccc(-c2nc(N)sc2-n2cncn2)cc1. The Labute approximate surface area is 113 Å². The van der Waals surface area contributed by atoms with Crippen LogP contribution in [0, 0.1) is 0 Å². The number of rotatable bonds is 3. The van der Waals surface area contributed by atoms with Gasteiger partial charge in [0.15, 0.2) is 5.13 Å². The molecule has 0 bridgehead atoms. The first kappa shape index (κ1) is 11.7. The summed E-state index contributed by atoms with van der Waals surface area (Å²) in [5.41, 5.74) is 7.55. The lowest BCUT2D eigenvalue weighted by molar-refractivity contribution is 0.415. The van der Waals surface area contributed by atoms with Crippen LogP contribution in [0.2, 0.25) is 0 Å². The highest BCUT2D eigenvalue weighted by molar-refractivity contribution is 7.18. The zero-order chi connectivity index (χ0) is 13.2. The number of anilines is 1. The topological polar surface area (TPSA) is 78.9 Å². The molecule has 1 aromatic carbocycles. The number of aromatic nitrogens is 4. The Morgan fingerprint density at radius 2 is 2.05 bits per heavy atom. The molecule has 2 heterocycles. The van der Waals surface area contributed by atoms with E-state index in [0.717, 1.165) is 22.0 Å². The summed E-state index contributed by atoms with van der Waals surface area (Å²) < 4.78 is 6.80. The molecule has 2 N–H and O–H groups in total. The molecule has 2 aromatic heterocycles. The average molecular weight is 273 g/mol. The summed E-state index contributed by atoms with van der Waals surface area (Å²) in [6, 6.07) is 7.65. The second kappa shape index (κ2) is 4.69. The van der Waals surface area contributed by atoms with Gasteiger partial charge in [0, 0.05) is 5.56 Å². The second-order valence-electron chi connectivity index (χ2n) is 3.77. The lowest BCUT2D eigenvalue weighted by Crippen LogP contribution is -1.94. The molecule has 3 rings (SSSR count). The Bertz CT molecular complexity index is 675. The van der Waals surface area contributed by atoms with Crippen LogP contribution in [-0.2, 0) is 0 Å². The van der Waals surface area contributed by atoms with Gasteiger partial charge in [-0.3, -0.25) is 0 Å². The molecule has 3 aromatic rings. The van der Waals surface area contributed by atoms with Crippen LogP contribution in [0.3, 0.4) is 0 Å². The number of thiazole rings is 1. The van der Waals surface area contributed by atoms with Crippen molar-refractivity contribution < 1.29 is 4.74 Å². The highest BCUT2D eigenvalue weighted by Crippen LogP contribution is 2.32. The van der Waals surface area contributed by atoms with E-state index in [1.807, 2.05) is 24.3 Å². The molecule has 0 amide bonds. The summed E-state index contributed by atoms with van der Waals surface area (Å²) in [4.78, 5) is 8.30. The molecule has 0 fully saturated rings. The summed E-state index contributed by atoms with van der Waals surface area (Å²) in [5, 5.41) is 5.46. The molecule has 0 saturated heterocycles. The third-order valence-corrected chi connectivity index (χ3v) is 3.49. The number of hydrogen-bond acceptors (Lipinski definition) is 6. The highest BCUT2D eigenvalue weighted by atomic mass is 32.1. The van der Waals surface area contributed by atoms with E-state index in [1.165, 1.54) is 17.7 Å². The fourth-order valence-corrected chi connectivity index (χ4v) is 2.52. The van der Waals surface area contributed by atoms with Crippen LogP contribution in [0.25, 0.3) is 16.3 Å². The standard InChI is InChI=1S/C12H11N5OS/c1-18-9-4-2-8(3-5-9)10-11(19-12(13)16-10)17-7-14-6-15-17/h2-7H,1H3,(H2,13,16). The molecule has 0 saturated carbocycles. The fraction of sp³-hybridized carbons (Fsp3) is 0.0833. The average Bonchev–Trinajstić information content (AvgIpc) is 3.07. The van der Waals surface area contributed by atoms with Gasteiger partial charge in [-0.25, -0.2) is 14.6 Å². The van der Waals surface area contributed by atoms with E-state index in [0.29, 0.717) is 5.13 Å². The van der Waals surface area contributed by atoms with Crippen molar-refractivity contribution in [2.45, 2.75) is 0 Å². The second-order valence-corrected chi connectivity index (χ2v) is 4.78. The predicted octanol–water partition coefficient (Wildman–Crippen LogP) is 1.98. The van der Waals surface area contributed by atoms with E-state index >= 15 is 0 Å². The van der Waals surface area contributed by atoms with Crippen molar-refractivity contribution in [3.8, 4) is 22.0 Å². The minimum Gasteiger partial charge on any atom is -0.497 e. The molecule has 6 nitrogen and oxygen atoms in total. The molecular formula is C12H11N5OS. The third-order valence-electron chi connectivity index (χ3n) is 2.62. The first-order chi connectivity index (χ1) is 9.28. The summed E-state index contributed by atoms with van der Waals surface area (Å²) in [6.45, 7) is 0. The van der Waals surface area contributed by atoms with E-state index in [1.54, 1.807) is 18.1 Å². The molecule has 0 spiro atoms. The van der Waals surface area contributed by atoms with Gasteiger partial charge in [0.2, 0.25) is 0 Å². The molecule has 0 unspecified atom stereocenters. The summed E-state index contributed by atoms with van der Waals surface area (Å²) in [7, 11) is 1.64. The molecule has 0 aliphatic heterocycles. The van der Waals surface area contributed by atoms with Crippen LogP contribution in [0.5, 0.6) is 5.75 Å².